The molecule has 20 heavy (non-hydrogen) atoms. The number of carbonyl (C=O) groups excluding carboxylic acids is 1. The molecule has 104 valence electrons. The highest BCUT2D eigenvalue weighted by Gasteiger charge is 2.16. The predicted octanol–water partition coefficient (Wildman–Crippen LogP) is 4.48. The van der Waals surface area contributed by atoms with Gasteiger partial charge in [-0.15, -0.1) is 0 Å². The first-order valence-corrected chi connectivity index (χ1v) is 6.74. The summed E-state index contributed by atoms with van der Waals surface area (Å²) in [5, 5.41) is 0. The van der Waals surface area contributed by atoms with Crippen molar-refractivity contribution in [3.05, 3.63) is 69.5 Å². The van der Waals surface area contributed by atoms with Gasteiger partial charge in [-0.05, 0) is 61.6 Å². The first-order chi connectivity index (χ1) is 9.38. The Morgan fingerprint density at radius 3 is 2.25 bits per heavy atom. The van der Waals surface area contributed by atoms with E-state index in [4.69, 9.17) is 0 Å². The van der Waals surface area contributed by atoms with Crippen molar-refractivity contribution in [3.63, 3.8) is 0 Å². The number of aryl methyl sites for hydroxylation is 4. The molecule has 2 heteroatoms. The second-order valence-electron chi connectivity index (χ2n) is 5.46. The fraction of sp³-hybridized carbons (Fsp3) is 0.278. The zero-order chi connectivity index (χ0) is 14.9. The molecule has 0 aromatic heterocycles. The second kappa shape index (κ2) is 5.58. The van der Waals surface area contributed by atoms with E-state index in [0.29, 0.717) is 5.56 Å². The molecule has 2 rings (SSSR count). The van der Waals surface area contributed by atoms with Crippen LogP contribution in [0.2, 0.25) is 0 Å². The van der Waals surface area contributed by atoms with Gasteiger partial charge in [0.25, 0.3) is 0 Å². The number of Topliss-reactive ketones (excluding diaryl/α,β-unsaturated/α-hetero) is 1. The van der Waals surface area contributed by atoms with Crippen molar-refractivity contribution in [2.45, 2.75) is 34.1 Å². The Morgan fingerprint density at radius 1 is 0.950 bits per heavy atom. The van der Waals surface area contributed by atoms with E-state index >= 15 is 0 Å². The molecule has 0 heterocycles. The number of hydrogen-bond acceptors (Lipinski definition) is 1. The monoisotopic (exact) mass is 270 g/mol. The third kappa shape index (κ3) is 2.96. The van der Waals surface area contributed by atoms with Crippen LogP contribution in [0.3, 0.4) is 0 Å². The second-order valence-corrected chi connectivity index (χ2v) is 5.46. The molecule has 0 bridgehead atoms. The van der Waals surface area contributed by atoms with Gasteiger partial charge in [-0.25, -0.2) is 4.39 Å². The summed E-state index contributed by atoms with van der Waals surface area (Å²) in [6, 6.07) is 9.18. The fourth-order valence-corrected chi connectivity index (χ4v) is 2.46. The van der Waals surface area contributed by atoms with Crippen molar-refractivity contribution in [2.75, 3.05) is 0 Å². The molecular weight excluding hydrogens is 251 g/mol. The topological polar surface area (TPSA) is 17.1 Å². The quantitative estimate of drug-likeness (QED) is 0.751. The fourth-order valence-electron chi connectivity index (χ4n) is 2.46. The van der Waals surface area contributed by atoms with Crippen molar-refractivity contribution in [3.8, 4) is 0 Å². The van der Waals surface area contributed by atoms with E-state index < -0.39 is 5.82 Å². The highest BCUT2D eigenvalue weighted by atomic mass is 19.1. The molecule has 2 aromatic rings. The molecule has 2 aromatic carbocycles. The lowest BCUT2D eigenvalue weighted by Gasteiger charge is -2.09. The van der Waals surface area contributed by atoms with Gasteiger partial charge in [-0.2, -0.15) is 0 Å². The third-order valence-corrected chi connectivity index (χ3v) is 3.65. The zero-order valence-corrected chi connectivity index (χ0v) is 12.4. The van der Waals surface area contributed by atoms with Crippen molar-refractivity contribution in [1.82, 2.24) is 0 Å². The molecule has 1 nitrogen and oxygen atoms in total. The van der Waals surface area contributed by atoms with Crippen LogP contribution in [0.4, 0.5) is 4.39 Å². The van der Waals surface area contributed by atoms with Crippen LogP contribution in [-0.4, -0.2) is 5.78 Å². The first kappa shape index (κ1) is 14.4. The molecule has 0 saturated heterocycles. The smallest absolute Gasteiger partial charge is 0.170 e. The maximum absolute atomic E-state index is 14.0. The lowest BCUT2D eigenvalue weighted by Crippen LogP contribution is -2.09. The zero-order valence-electron chi connectivity index (χ0n) is 12.4. The van der Waals surface area contributed by atoms with Gasteiger partial charge >= 0.3 is 0 Å². The first-order valence-electron chi connectivity index (χ1n) is 6.74. The van der Waals surface area contributed by atoms with Crippen LogP contribution in [0.5, 0.6) is 0 Å². The van der Waals surface area contributed by atoms with Gasteiger partial charge in [0.15, 0.2) is 5.78 Å². The highest BCUT2D eigenvalue weighted by Crippen LogP contribution is 2.19. The van der Waals surface area contributed by atoms with Gasteiger partial charge in [-0.3, -0.25) is 4.79 Å². The molecule has 0 radical (unpaired) electrons. The van der Waals surface area contributed by atoms with Crippen LogP contribution in [0.25, 0.3) is 0 Å². The van der Waals surface area contributed by atoms with E-state index in [2.05, 4.69) is 0 Å². The van der Waals surface area contributed by atoms with Gasteiger partial charge in [0, 0.05) is 6.42 Å². The van der Waals surface area contributed by atoms with E-state index in [0.717, 1.165) is 16.7 Å². The molecule has 0 atom stereocenters. The summed E-state index contributed by atoms with van der Waals surface area (Å²) in [5.74, 6) is -0.584. The number of hydrogen-bond donors (Lipinski definition) is 0. The van der Waals surface area contributed by atoms with E-state index in [-0.39, 0.29) is 17.8 Å². The maximum atomic E-state index is 14.0. The van der Waals surface area contributed by atoms with Crippen molar-refractivity contribution >= 4 is 5.78 Å². The Balaban J connectivity index is 2.31. The van der Waals surface area contributed by atoms with Crippen LogP contribution in [-0.2, 0) is 6.42 Å². The number of benzene rings is 2. The van der Waals surface area contributed by atoms with Crippen molar-refractivity contribution < 1.29 is 9.18 Å². The molecule has 0 spiro atoms. The molecule has 0 aliphatic heterocycles. The molecule has 0 fully saturated rings. The lowest BCUT2D eigenvalue weighted by atomic mass is 9.96. The van der Waals surface area contributed by atoms with Crippen LogP contribution < -0.4 is 0 Å². The van der Waals surface area contributed by atoms with E-state index in [1.165, 1.54) is 11.6 Å². The summed E-state index contributed by atoms with van der Waals surface area (Å²) in [7, 11) is 0. The summed E-state index contributed by atoms with van der Waals surface area (Å²) in [6.45, 7) is 7.66. The van der Waals surface area contributed by atoms with E-state index in [9.17, 15) is 9.18 Å². The Morgan fingerprint density at radius 2 is 1.65 bits per heavy atom. The average molecular weight is 270 g/mol. The van der Waals surface area contributed by atoms with Gasteiger partial charge in [0.1, 0.15) is 5.82 Å². The number of rotatable bonds is 3. The lowest BCUT2D eigenvalue weighted by molar-refractivity contribution is 0.0988. The normalized spacial score (nSPS) is 10.7. The Labute approximate surface area is 119 Å². The van der Waals surface area contributed by atoms with Crippen LogP contribution >= 0.6 is 0 Å². The van der Waals surface area contributed by atoms with Gasteiger partial charge in [-0.1, -0.05) is 24.3 Å². The molecule has 0 aliphatic carbocycles. The summed E-state index contributed by atoms with van der Waals surface area (Å²) in [4.78, 5) is 12.3. The van der Waals surface area contributed by atoms with Crippen molar-refractivity contribution in [1.29, 1.82) is 0 Å². The van der Waals surface area contributed by atoms with E-state index in [1.807, 2.05) is 45.0 Å². The van der Waals surface area contributed by atoms with Crippen LogP contribution in [0, 0.1) is 33.5 Å². The summed E-state index contributed by atoms with van der Waals surface area (Å²) < 4.78 is 14.0. The summed E-state index contributed by atoms with van der Waals surface area (Å²) in [5.41, 5.74) is 5.03. The third-order valence-electron chi connectivity index (χ3n) is 3.65. The average Bonchev–Trinajstić information content (AvgIpc) is 2.32. The minimum atomic E-state index is -0.420. The van der Waals surface area contributed by atoms with Crippen LogP contribution in [0.1, 0.15) is 38.2 Å². The molecule has 0 unspecified atom stereocenters. The predicted molar refractivity (Wildman–Crippen MR) is 79.8 cm³/mol. The largest absolute Gasteiger partial charge is 0.294 e. The Hall–Kier alpha value is -1.96. The number of carbonyl (C=O) groups is 1. The summed E-state index contributed by atoms with van der Waals surface area (Å²) >= 11 is 0. The highest BCUT2D eigenvalue weighted by molar-refractivity contribution is 5.99. The Kier molecular flexibility index (Phi) is 4.03. The SMILES string of the molecule is Cc1cc(C)c(C(=O)Cc2ccc(C)c(C)c2)c(F)c1. The standard InChI is InChI=1S/C18H19FO/c1-11-7-14(4)18(16(19)8-11)17(20)10-15-6-5-12(2)13(3)9-15/h5-9H,10H2,1-4H3. The van der Waals surface area contributed by atoms with Crippen LogP contribution in [0.15, 0.2) is 30.3 Å². The Bertz CT molecular complexity index is 648. The molecule has 0 aliphatic rings. The van der Waals surface area contributed by atoms with Gasteiger partial charge in [0.05, 0.1) is 5.56 Å². The van der Waals surface area contributed by atoms with E-state index in [1.54, 1.807) is 6.92 Å². The number of ketones is 1. The minimum absolute atomic E-state index is 0.164. The number of halogens is 1. The maximum Gasteiger partial charge on any atom is 0.170 e. The van der Waals surface area contributed by atoms with Gasteiger partial charge in [0.2, 0.25) is 0 Å². The van der Waals surface area contributed by atoms with Crippen molar-refractivity contribution in [2.24, 2.45) is 0 Å². The molecule has 0 amide bonds. The molecule has 0 N–H and O–H groups in total. The summed E-state index contributed by atoms with van der Waals surface area (Å²) in [6.07, 6.45) is 0.238. The molecular formula is C18H19FO. The van der Waals surface area contributed by atoms with Gasteiger partial charge < -0.3 is 0 Å². The minimum Gasteiger partial charge on any atom is -0.294 e. The molecule has 0 saturated carbocycles.